The highest BCUT2D eigenvalue weighted by Gasteiger charge is 2.03. The highest BCUT2D eigenvalue weighted by molar-refractivity contribution is 7.89. The fourth-order valence-corrected chi connectivity index (χ4v) is 1.28. The average Bonchev–Trinajstić information content (AvgIpc) is 2.16. The van der Waals surface area contributed by atoms with Crippen LogP contribution >= 0.6 is 0 Å². The van der Waals surface area contributed by atoms with E-state index in [0.717, 1.165) is 0 Å². The van der Waals surface area contributed by atoms with Crippen LogP contribution in [0.4, 0.5) is 0 Å². The molecule has 84 valence electrons. The molecule has 15 heavy (non-hydrogen) atoms. The zero-order chi connectivity index (χ0) is 11.3. The van der Waals surface area contributed by atoms with Crippen LogP contribution in [0, 0.1) is 0 Å². The van der Waals surface area contributed by atoms with Crippen LogP contribution in [-0.4, -0.2) is 27.9 Å². The second-order valence-corrected chi connectivity index (χ2v) is 4.63. The molecule has 1 aromatic carbocycles. The Kier molecular flexibility index (Phi) is 3.93. The molecule has 0 aliphatic rings. The Morgan fingerprint density at radius 2 is 2.00 bits per heavy atom. The minimum absolute atomic E-state index is 0.0337. The van der Waals surface area contributed by atoms with Crippen molar-refractivity contribution >= 4 is 10.0 Å². The smallest absolute Gasteiger partial charge is 0.212 e. The van der Waals surface area contributed by atoms with Gasteiger partial charge in [-0.05, 0) is 12.1 Å². The van der Waals surface area contributed by atoms with Gasteiger partial charge in [-0.15, -0.1) is 0 Å². The van der Waals surface area contributed by atoms with E-state index in [1.807, 2.05) is 0 Å². The van der Waals surface area contributed by atoms with E-state index in [1.165, 1.54) is 0 Å². The van der Waals surface area contributed by atoms with Gasteiger partial charge in [0, 0.05) is 6.07 Å². The third-order valence-electron chi connectivity index (χ3n) is 1.68. The number of rotatable bonds is 5. The first-order chi connectivity index (χ1) is 7.01. The largest absolute Gasteiger partial charge is 0.497 e. The van der Waals surface area contributed by atoms with Gasteiger partial charge < -0.3 is 9.47 Å². The number of benzene rings is 1. The summed E-state index contributed by atoms with van der Waals surface area (Å²) >= 11 is 0. The van der Waals surface area contributed by atoms with E-state index >= 15 is 0 Å². The molecule has 1 rings (SSSR count). The highest BCUT2D eigenvalue weighted by Crippen LogP contribution is 2.18. The van der Waals surface area contributed by atoms with Crippen LogP contribution in [0.3, 0.4) is 0 Å². The predicted molar refractivity (Wildman–Crippen MR) is 56.5 cm³/mol. The van der Waals surface area contributed by atoms with E-state index < -0.39 is 10.0 Å². The quantitative estimate of drug-likeness (QED) is 0.793. The summed E-state index contributed by atoms with van der Waals surface area (Å²) in [4.78, 5) is 0. The Bertz CT molecular complexity index is 416. The van der Waals surface area contributed by atoms with Crippen LogP contribution in [0.2, 0.25) is 0 Å². The molecule has 2 N–H and O–H groups in total. The molecule has 0 fully saturated rings. The molecule has 0 amide bonds. The lowest BCUT2D eigenvalue weighted by Crippen LogP contribution is -2.21. The Morgan fingerprint density at radius 1 is 1.33 bits per heavy atom. The maximum atomic E-state index is 10.6. The number of methoxy groups -OCH3 is 1. The molecule has 0 unspecified atom stereocenters. The molecule has 0 saturated heterocycles. The van der Waals surface area contributed by atoms with Crippen molar-refractivity contribution in [2.24, 2.45) is 5.14 Å². The Hall–Kier alpha value is -1.27. The van der Waals surface area contributed by atoms with Crippen molar-refractivity contribution in [2.75, 3.05) is 19.5 Å². The monoisotopic (exact) mass is 231 g/mol. The van der Waals surface area contributed by atoms with Crippen LogP contribution in [0.5, 0.6) is 11.5 Å². The molecule has 1 aromatic rings. The molecule has 6 heteroatoms. The van der Waals surface area contributed by atoms with Crippen LogP contribution in [0.15, 0.2) is 24.3 Å². The maximum absolute atomic E-state index is 10.6. The first-order valence-electron chi connectivity index (χ1n) is 4.28. The summed E-state index contributed by atoms with van der Waals surface area (Å²) < 4.78 is 31.4. The zero-order valence-corrected chi connectivity index (χ0v) is 9.16. The summed E-state index contributed by atoms with van der Waals surface area (Å²) in [5, 5.41) is 4.82. The number of primary sulfonamides is 1. The Labute approximate surface area is 88.9 Å². The molecule has 0 spiro atoms. The highest BCUT2D eigenvalue weighted by atomic mass is 32.2. The topological polar surface area (TPSA) is 78.6 Å². The second kappa shape index (κ2) is 4.99. The van der Waals surface area contributed by atoms with E-state index in [-0.39, 0.29) is 12.4 Å². The van der Waals surface area contributed by atoms with Gasteiger partial charge in [0.25, 0.3) is 0 Å². The zero-order valence-electron chi connectivity index (χ0n) is 8.34. The SMILES string of the molecule is COc1cccc(OCCS(N)(=O)=O)c1. The van der Waals surface area contributed by atoms with Crippen LogP contribution in [0.1, 0.15) is 0 Å². The Morgan fingerprint density at radius 3 is 2.60 bits per heavy atom. The van der Waals surface area contributed by atoms with E-state index in [1.54, 1.807) is 31.4 Å². The number of nitrogens with two attached hydrogens (primary N) is 1. The molecule has 0 atom stereocenters. The Balaban J connectivity index is 2.51. The lowest BCUT2D eigenvalue weighted by Gasteiger charge is -2.06. The van der Waals surface area contributed by atoms with Gasteiger partial charge >= 0.3 is 0 Å². The lowest BCUT2D eigenvalue weighted by molar-refractivity contribution is 0.337. The van der Waals surface area contributed by atoms with E-state index in [0.29, 0.717) is 11.5 Å². The molecule has 0 aliphatic carbocycles. The summed E-state index contributed by atoms with van der Waals surface area (Å²) in [5.74, 6) is 1.01. The van der Waals surface area contributed by atoms with Crippen molar-refractivity contribution in [3.8, 4) is 11.5 Å². The number of sulfonamides is 1. The second-order valence-electron chi connectivity index (χ2n) is 2.89. The standard InChI is InChI=1S/C9H13NO4S/c1-13-8-3-2-4-9(7-8)14-5-6-15(10,11)12/h2-4,7H,5-6H2,1H3,(H2,10,11,12). The minimum atomic E-state index is -3.47. The van der Waals surface area contributed by atoms with Gasteiger partial charge in [-0.2, -0.15) is 0 Å². The van der Waals surface area contributed by atoms with Crippen LogP contribution in [0.25, 0.3) is 0 Å². The van der Waals surface area contributed by atoms with E-state index in [4.69, 9.17) is 14.6 Å². The molecule has 0 radical (unpaired) electrons. The fraction of sp³-hybridized carbons (Fsp3) is 0.333. The van der Waals surface area contributed by atoms with Gasteiger partial charge in [0.05, 0.1) is 12.9 Å². The third-order valence-corrected chi connectivity index (χ3v) is 2.41. The summed E-state index contributed by atoms with van der Waals surface area (Å²) in [7, 11) is -1.92. The van der Waals surface area contributed by atoms with Crippen molar-refractivity contribution in [3.05, 3.63) is 24.3 Å². The summed E-state index contributed by atoms with van der Waals surface area (Å²) in [6.45, 7) is 0.0337. The first-order valence-corrected chi connectivity index (χ1v) is 6.00. The molecular formula is C9H13NO4S. The molecule has 0 heterocycles. The number of hydrogen-bond acceptors (Lipinski definition) is 4. The van der Waals surface area contributed by atoms with Crippen LogP contribution < -0.4 is 14.6 Å². The van der Waals surface area contributed by atoms with Gasteiger partial charge in [0.15, 0.2) is 0 Å². The van der Waals surface area contributed by atoms with E-state index in [2.05, 4.69) is 0 Å². The molecule has 0 aromatic heterocycles. The molecule has 0 saturated carbocycles. The van der Waals surface area contributed by atoms with Gasteiger partial charge in [0.2, 0.25) is 10.0 Å². The molecule has 0 aliphatic heterocycles. The van der Waals surface area contributed by atoms with Crippen molar-refractivity contribution in [1.82, 2.24) is 0 Å². The van der Waals surface area contributed by atoms with Gasteiger partial charge in [-0.25, -0.2) is 13.6 Å². The van der Waals surface area contributed by atoms with Crippen molar-refractivity contribution in [3.63, 3.8) is 0 Å². The normalized spacial score (nSPS) is 11.1. The first kappa shape index (κ1) is 11.8. The fourth-order valence-electron chi connectivity index (χ4n) is 0.967. The molecule has 0 bridgehead atoms. The predicted octanol–water partition coefficient (Wildman–Crippen LogP) is 0.362. The van der Waals surface area contributed by atoms with Crippen LogP contribution in [-0.2, 0) is 10.0 Å². The summed E-state index contributed by atoms with van der Waals surface area (Å²) in [6.07, 6.45) is 0. The number of ether oxygens (including phenoxy) is 2. The van der Waals surface area contributed by atoms with Crippen molar-refractivity contribution in [1.29, 1.82) is 0 Å². The molecule has 5 nitrogen and oxygen atoms in total. The lowest BCUT2D eigenvalue weighted by atomic mass is 10.3. The molecular weight excluding hydrogens is 218 g/mol. The van der Waals surface area contributed by atoms with Gasteiger partial charge in [0.1, 0.15) is 18.1 Å². The van der Waals surface area contributed by atoms with Gasteiger partial charge in [-0.3, -0.25) is 0 Å². The van der Waals surface area contributed by atoms with E-state index in [9.17, 15) is 8.42 Å². The van der Waals surface area contributed by atoms with Crippen molar-refractivity contribution < 1.29 is 17.9 Å². The summed E-state index contributed by atoms with van der Waals surface area (Å²) in [5.41, 5.74) is 0. The third kappa shape index (κ3) is 4.66. The van der Waals surface area contributed by atoms with Gasteiger partial charge in [-0.1, -0.05) is 6.07 Å². The summed E-state index contributed by atoms with van der Waals surface area (Å²) in [6, 6.07) is 6.91. The number of hydrogen-bond donors (Lipinski definition) is 1. The minimum Gasteiger partial charge on any atom is -0.497 e. The van der Waals surface area contributed by atoms with Crippen molar-refractivity contribution in [2.45, 2.75) is 0 Å². The average molecular weight is 231 g/mol. The maximum Gasteiger partial charge on any atom is 0.212 e.